The summed E-state index contributed by atoms with van der Waals surface area (Å²) in [6.45, 7) is 10.2. The van der Waals surface area contributed by atoms with Crippen LogP contribution in [0.2, 0.25) is 0 Å². The highest BCUT2D eigenvalue weighted by Gasteiger charge is 2.26. The van der Waals surface area contributed by atoms with E-state index in [9.17, 15) is 4.79 Å². The molecule has 0 saturated heterocycles. The van der Waals surface area contributed by atoms with Gasteiger partial charge in [-0.15, -0.1) is 0 Å². The van der Waals surface area contributed by atoms with E-state index in [1.165, 1.54) is 5.57 Å². The van der Waals surface area contributed by atoms with Crippen molar-refractivity contribution in [2.45, 2.75) is 40.0 Å². The van der Waals surface area contributed by atoms with E-state index in [4.69, 9.17) is 0 Å². The molecule has 0 amide bonds. The van der Waals surface area contributed by atoms with Crippen LogP contribution in [-0.2, 0) is 4.79 Å². The van der Waals surface area contributed by atoms with Gasteiger partial charge in [-0.2, -0.15) is 0 Å². The molecule has 1 nitrogen and oxygen atoms in total. The Bertz CT molecular complexity index is 269. The first kappa shape index (κ1) is 10.2. The number of carbonyl (C=O) groups excluding carboxylic acids is 1. The number of rotatable bonds is 2. The largest absolute Gasteiger partial charge is 0.295 e. The monoisotopic (exact) mass is 178 g/mol. The third-order valence-corrected chi connectivity index (χ3v) is 2.25. The molecule has 1 aliphatic carbocycles. The normalized spacial score (nSPS) is 21.2. The molecular formula is C12H18O. The first-order chi connectivity index (χ1) is 5.89. The number of hydrogen-bond donors (Lipinski definition) is 0. The van der Waals surface area contributed by atoms with Crippen LogP contribution in [0.15, 0.2) is 23.8 Å². The van der Waals surface area contributed by atoms with Crippen molar-refractivity contribution in [3.05, 3.63) is 23.8 Å². The SMILES string of the molecule is C=C(C)CC1=CC(=O)CC(C)(C)C1. The third kappa shape index (κ3) is 3.17. The van der Waals surface area contributed by atoms with Gasteiger partial charge in [-0.1, -0.05) is 31.6 Å². The van der Waals surface area contributed by atoms with E-state index in [0.29, 0.717) is 6.42 Å². The Morgan fingerprint density at radius 3 is 2.62 bits per heavy atom. The second kappa shape index (κ2) is 3.49. The summed E-state index contributed by atoms with van der Waals surface area (Å²) in [6.07, 6.45) is 4.41. The summed E-state index contributed by atoms with van der Waals surface area (Å²) in [5, 5.41) is 0. The lowest BCUT2D eigenvalue weighted by molar-refractivity contribution is -0.117. The van der Waals surface area contributed by atoms with E-state index in [0.717, 1.165) is 18.4 Å². The zero-order chi connectivity index (χ0) is 10.1. The van der Waals surface area contributed by atoms with Crippen LogP contribution in [0.5, 0.6) is 0 Å². The molecule has 0 N–H and O–H groups in total. The van der Waals surface area contributed by atoms with E-state index in [2.05, 4.69) is 20.4 Å². The van der Waals surface area contributed by atoms with Gasteiger partial charge in [0.05, 0.1) is 0 Å². The molecule has 0 unspecified atom stereocenters. The van der Waals surface area contributed by atoms with Crippen molar-refractivity contribution in [2.24, 2.45) is 5.41 Å². The van der Waals surface area contributed by atoms with Gasteiger partial charge in [0.2, 0.25) is 0 Å². The van der Waals surface area contributed by atoms with Gasteiger partial charge in [0.15, 0.2) is 5.78 Å². The van der Waals surface area contributed by atoms with Crippen LogP contribution in [0.1, 0.15) is 40.0 Å². The molecule has 0 fully saturated rings. The molecule has 1 aliphatic rings. The van der Waals surface area contributed by atoms with E-state index < -0.39 is 0 Å². The summed E-state index contributed by atoms with van der Waals surface area (Å²) >= 11 is 0. The van der Waals surface area contributed by atoms with Gasteiger partial charge in [0, 0.05) is 6.42 Å². The average Bonchev–Trinajstić information content (AvgIpc) is 1.78. The quantitative estimate of drug-likeness (QED) is 0.593. The minimum atomic E-state index is 0.149. The Morgan fingerprint density at radius 1 is 1.54 bits per heavy atom. The Kier molecular flexibility index (Phi) is 2.74. The van der Waals surface area contributed by atoms with Crippen LogP contribution in [-0.4, -0.2) is 5.78 Å². The second-order valence-electron chi connectivity index (χ2n) is 4.92. The van der Waals surface area contributed by atoms with Gasteiger partial charge in [0.25, 0.3) is 0 Å². The highest BCUT2D eigenvalue weighted by molar-refractivity contribution is 5.91. The van der Waals surface area contributed by atoms with Gasteiger partial charge in [-0.3, -0.25) is 4.79 Å². The first-order valence-corrected chi connectivity index (χ1v) is 4.76. The van der Waals surface area contributed by atoms with Crippen LogP contribution in [0.3, 0.4) is 0 Å². The zero-order valence-electron chi connectivity index (χ0n) is 8.81. The molecule has 0 radical (unpaired) electrons. The Balaban J connectivity index is 2.75. The predicted molar refractivity (Wildman–Crippen MR) is 55.5 cm³/mol. The van der Waals surface area contributed by atoms with Crippen LogP contribution in [0, 0.1) is 5.41 Å². The fourth-order valence-electron chi connectivity index (χ4n) is 1.98. The minimum Gasteiger partial charge on any atom is -0.295 e. The van der Waals surface area contributed by atoms with Crippen molar-refractivity contribution >= 4 is 5.78 Å². The van der Waals surface area contributed by atoms with Crippen molar-refractivity contribution in [3.8, 4) is 0 Å². The number of hydrogen-bond acceptors (Lipinski definition) is 1. The standard InChI is InChI=1S/C12H18O/c1-9(2)5-10-6-11(13)8-12(3,4)7-10/h6H,1,5,7-8H2,2-4H3. The van der Waals surface area contributed by atoms with Gasteiger partial charge >= 0.3 is 0 Å². The molecule has 1 heteroatoms. The van der Waals surface area contributed by atoms with Crippen molar-refractivity contribution in [1.82, 2.24) is 0 Å². The molecule has 0 spiro atoms. The first-order valence-electron chi connectivity index (χ1n) is 4.76. The average molecular weight is 178 g/mol. The number of allylic oxidation sites excluding steroid dienone is 3. The molecule has 0 atom stereocenters. The third-order valence-electron chi connectivity index (χ3n) is 2.25. The summed E-state index contributed by atoms with van der Waals surface area (Å²) in [5.74, 6) is 0.271. The molecule has 0 aromatic rings. The molecule has 0 aromatic carbocycles. The smallest absolute Gasteiger partial charge is 0.156 e. The lowest BCUT2D eigenvalue weighted by Crippen LogP contribution is -2.21. The Hall–Kier alpha value is -0.850. The van der Waals surface area contributed by atoms with Gasteiger partial charge < -0.3 is 0 Å². The van der Waals surface area contributed by atoms with Crippen molar-refractivity contribution in [2.75, 3.05) is 0 Å². The fourth-order valence-corrected chi connectivity index (χ4v) is 1.98. The van der Waals surface area contributed by atoms with Crippen molar-refractivity contribution < 1.29 is 4.79 Å². The lowest BCUT2D eigenvalue weighted by atomic mass is 9.75. The second-order valence-corrected chi connectivity index (χ2v) is 4.92. The maximum Gasteiger partial charge on any atom is 0.156 e. The van der Waals surface area contributed by atoms with Crippen LogP contribution in [0.4, 0.5) is 0 Å². The molecule has 0 bridgehead atoms. The summed E-state index contributed by atoms with van der Waals surface area (Å²) in [4.78, 5) is 11.4. The molecule has 13 heavy (non-hydrogen) atoms. The maximum absolute atomic E-state index is 11.4. The van der Waals surface area contributed by atoms with Crippen LogP contribution < -0.4 is 0 Å². The lowest BCUT2D eigenvalue weighted by Gasteiger charge is -2.28. The van der Waals surface area contributed by atoms with Gasteiger partial charge in [0.1, 0.15) is 0 Å². The maximum atomic E-state index is 11.4. The molecule has 0 heterocycles. The molecule has 0 aliphatic heterocycles. The Labute approximate surface area is 80.5 Å². The molecule has 0 saturated carbocycles. The highest BCUT2D eigenvalue weighted by Crippen LogP contribution is 2.35. The van der Waals surface area contributed by atoms with Gasteiger partial charge in [-0.05, 0) is 31.3 Å². The molecule has 0 aromatic heterocycles. The number of carbonyl (C=O) groups is 1. The molecule has 1 rings (SSSR count). The van der Waals surface area contributed by atoms with E-state index in [1.54, 1.807) is 6.08 Å². The topological polar surface area (TPSA) is 17.1 Å². The summed E-state index contributed by atoms with van der Waals surface area (Å²) in [6, 6.07) is 0. The summed E-state index contributed by atoms with van der Waals surface area (Å²) < 4.78 is 0. The molecule has 72 valence electrons. The van der Waals surface area contributed by atoms with Gasteiger partial charge in [-0.25, -0.2) is 0 Å². The molecular weight excluding hydrogens is 160 g/mol. The van der Waals surface area contributed by atoms with E-state index in [1.807, 2.05) is 6.92 Å². The summed E-state index contributed by atoms with van der Waals surface area (Å²) in [7, 11) is 0. The predicted octanol–water partition coefficient (Wildman–Crippen LogP) is 3.27. The van der Waals surface area contributed by atoms with E-state index in [-0.39, 0.29) is 11.2 Å². The van der Waals surface area contributed by atoms with Crippen molar-refractivity contribution in [1.29, 1.82) is 0 Å². The van der Waals surface area contributed by atoms with E-state index >= 15 is 0 Å². The Morgan fingerprint density at radius 2 is 2.15 bits per heavy atom. The summed E-state index contributed by atoms with van der Waals surface area (Å²) in [5.41, 5.74) is 2.53. The zero-order valence-corrected chi connectivity index (χ0v) is 8.81. The highest BCUT2D eigenvalue weighted by atomic mass is 16.1. The van der Waals surface area contributed by atoms with Crippen LogP contribution >= 0.6 is 0 Å². The van der Waals surface area contributed by atoms with Crippen molar-refractivity contribution in [3.63, 3.8) is 0 Å². The fraction of sp³-hybridized carbons (Fsp3) is 0.583. The minimum absolute atomic E-state index is 0.149. The number of ketones is 1. The van der Waals surface area contributed by atoms with Crippen LogP contribution in [0.25, 0.3) is 0 Å².